The summed E-state index contributed by atoms with van der Waals surface area (Å²) in [6, 6.07) is 9.95. The molecular formula is C21H23N5O2S. The van der Waals surface area contributed by atoms with Gasteiger partial charge in [0.1, 0.15) is 0 Å². The van der Waals surface area contributed by atoms with Crippen LogP contribution in [0, 0.1) is 0 Å². The second-order valence-corrected chi connectivity index (χ2v) is 8.70. The molecule has 1 saturated heterocycles. The maximum absolute atomic E-state index is 12.9. The summed E-state index contributed by atoms with van der Waals surface area (Å²) in [5.41, 5.74) is 1.52. The topological polar surface area (TPSA) is 71.3 Å². The number of aryl methyl sites for hydroxylation is 1. The van der Waals surface area contributed by atoms with Crippen molar-refractivity contribution in [3.63, 3.8) is 0 Å². The van der Waals surface area contributed by atoms with Gasteiger partial charge in [-0.3, -0.25) is 14.2 Å². The molecule has 0 N–H and O–H groups in total. The minimum atomic E-state index is -0.156. The zero-order chi connectivity index (χ0) is 20.0. The number of nitrogens with zero attached hydrogens (tertiary/aromatic N) is 5. The van der Waals surface area contributed by atoms with Crippen LogP contribution in [-0.2, 0) is 17.8 Å². The van der Waals surface area contributed by atoms with E-state index >= 15 is 0 Å². The Morgan fingerprint density at radius 2 is 2.00 bits per heavy atom. The molecule has 29 heavy (non-hydrogen) atoms. The first-order valence-electron chi connectivity index (χ1n) is 10.1. The number of hydrogen-bond donors (Lipinski definition) is 0. The summed E-state index contributed by atoms with van der Waals surface area (Å²) < 4.78 is 1.69. The zero-order valence-corrected chi connectivity index (χ0v) is 17.2. The average Bonchev–Trinajstić information content (AvgIpc) is 3.46. The molecule has 4 heterocycles. The molecule has 5 rings (SSSR count). The van der Waals surface area contributed by atoms with Gasteiger partial charge in [0.2, 0.25) is 5.95 Å². The lowest BCUT2D eigenvalue weighted by atomic mass is 10.0. The summed E-state index contributed by atoms with van der Waals surface area (Å²) in [7, 11) is 1.95. The Morgan fingerprint density at radius 3 is 2.83 bits per heavy atom. The number of anilines is 2. The first-order valence-corrected chi connectivity index (χ1v) is 10.9. The summed E-state index contributed by atoms with van der Waals surface area (Å²) in [6.45, 7) is 2.23. The number of carbonyl (C=O) groups excluding carboxylic acids is 1. The molecule has 1 fully saturated rings. The minimum absolute atomic E-state index is 0.0806. The van der Waals surface area contributed by atoms with Crippen molar-refractivity contribution in [1.29, 1.82) is 0 Å². The molecule has 7 nitrogen and oxygen atoms in total. The number of hydrogen-bond acceptors (Lipinski definition) is 7. The summed E-state index contributed by atoms with van der Waals surface area (Å²) in [5.74, 6) is 0.951. The van der Waals surface area contributed by atoms with Crippen molar-refractivity contribution in [1.82, 2.24) is 14.5 Å². The molecule has 0 unspecified atom stereocenters. The van der Waals surface area contributed by atoms with Gasteiger partial charge in [-0.15, -0.1) is 0 Å². The molecule has 3 aromatic rings. The number of rotatable bonds is 5. The molecule has 0 spiro atoms. The maximum atomic E-state index is 12.9. The van der Waals surface area contributed by atoms with Crippen molar-refractivity contribution < 1.29 is 4.79 Å². The van der Waals surface area contributed by atoms with Gasteiger partial charge in [-0.05, 0) is 24.8 Å². The highest BCUT2D eigenvalue weighted by Crippen LogP contribution is 2.33. The zero-order valence-electron chi connectivity index (χ0n) is 16.4. The van der Waals surface area contributed by atoms with Gasteiger partial charge >= 0.3 is 0 Å². The molecule has 2 aromatic heterocycles. The van der Waals surface area contributed by atoms with Gasteiger partial charge in [0.25, 0.3) is 5.56 Å². The molecule has 0 aliphatic carbocycles. The number of benzene rings is 1. The summed E-state index contributed by atoms with van der Waals surface area (Å²) in [5, 5.41) is 0.743. The molecule has 0 saturated carbocycles. The molecule has 8 heteroatoms. The summed E-state index contributed by atoms with van der Waals surface area (Å²) in [4.78, 5) is 39.8. The lowest BCUT2D eigenvalue weighted by Gasteiger charge is -2.22. The highest BCUT2D eigenvalue weighted by molar-refractivity contribution is 7.21. The van der Waals surface area contributed by atoms with E-state index in [1.165, 1.54) is 16.9 Å². The molecular weight excluding hydrogens is 386 g/mol. The van der Waals surface area contributed by atoms with Gasteiger partial charge in [-0.1, -0.05) is 41.7 Å². The largest absolute Gasteiger partial charge is 0.343 e. The van der Waals surface area contributed by atoms with Gasteiger partial charge in [-0.25, -0.2) is 9.97 Å². The maximum Gasteiger partial charge on any atom is 0.282 e. The Kier molecular flexibility index (Phi) is 4.58. The Morgan fingerprint density at radius 1 is 1.17 bits per heavy atom. The lowest BCUT2D eigenvalue weighted by molar-refractivity contribution is -0.120. The van der Waals surface area contributed by atoms with E-state index in [2.05, 4.69) is 27.0 Å². The number of thiazole rings is 1. The smallest absolute Gasteiger partial charge is 0.282 e. The fourth-order valence-electron chi connectivity index (χ4n) is 4.26. The fraction of sp³-hybridized carbons (Fsp3) is 0.429. The first-order chi connectivity index (χ1) is 14.1. The number of fused-ring (bicyclic) bond motifs is 2. The monoisotopic (exact) mass is 409 g/mol. The number of Topliss-reactive ketones (excluding diaryl/α,β-unsaturated/α-hetero) is 1. The number of ketones is 1. The van der Waals surface area contributed by atoms with E-state index in [-0.39, 0.29) is 17.4 Å². The van der Waals surface area contributed by atoms with E-state index < -0.39 is 0 Å². The van der Waals surface area contributed by atoms with Crippen LogP contribution in [0.5, 0.6) is 0 Å². The lowest BCUT2D eigenvalue weighted by Crippen LogP contribution is -2.36. The van der Waals surface area contributed by atoms with Crippen molar-refractivity contribution in [2.45, 2.75) is 38.3 Å². The summed E-state index contributed by atoms with van der Waals surface area (Å²) >= 11 is 1.42. The molecule has 0 radical (unpaired) electrons. The standard InChI is InChI=1S/C21H23N5O2S/c1-24-12-13-26-19(28)17-18(23-20(24)26)29-21(22-17)25-11-5-8-15(25)16(27)10-9-14-6-3-2-4-7-14/h2-4,6-7,15H,5,8-13H2,1H3/t15-/m1/s1. The third kappa shape index (κ3) is 3.21. The van der Waals surface area contributed by atoms with Gasteiger partial charge in [0.15, 0.2) is 21.3 Å². The van der Waals surface area contributed by atoms with Crippen LogP contribution >= 0.6 is 11.3 Å². The molecule has 0 bridgehead atoms. The van der Waals surface area contributed by atoms with E-state index in [4.69, 9.17) is 0 Å². The Balaban J connectivity index is 1.39. The van der Waals surface area contributed by atoms with Crippen LogP contribution in [0.4, 0.5) is 11.1 Å². The number of likely N-dealkylation sites (N-methyl/N-ethyl adjacent to an activating group) is 1. The third-order valence-corrected chi connectivity index (χ3v) is 6.85. The SMILES string of the molecule is CN1CCn2c1nc1sc(N3CCC[C@@H]3C(=O)CCc3ccccc3)nc1c2=O. The van der Waals surface area contributed by atoms with E-state index in [9.17, 15) is 9.59 Å². The van der Waals surface area contributed by atoms with E-state index in [0.29, 0.717) is 29.3 Å². The van der Waals surface area contributed by atoms with Gasteiger partial charge in [0.05, 0.1) is 6.04 Å². The predicted molar refractivity (Wildman–Crippen MR) is 115 cm³/mol. The molecule has 2 aliphatic rings. The number of aromatic nitrogens is 3. The highest BCUT2D eigenvalue weighted by atomic mass is 32.1. The van der Waals surface area contributed by atoms with Crippen LogP contribution in [0.1, 0.15) is 24.8 Å². The fourth-order valence-corrected chi connectivity index (χ4v) is 5.26. The second-order valence-electron chi connectivity index (χ2n) is 7.74. The summed E-state index contributed by atoms with van der Waals surface area (Å²) in [6.07, 6.45) is 3.08. The number of carbonyl (C=O) groups is 1. The molecule has 1 aromatic carbocycles. The Bertz CT molecular complexity index is 1120. The van der Waals surface area contributed by atoms with Crippen LogP contribution in [0.2, 0.25) is 0 Å². The first kappa shape index (κ1) is 18.3. The predicted octanol–water partition coefficient (Wildman–Crippen LogP) is 2.47. The van der Waals surface area contributed by atoms with Crippen LogP contribution < -0.4 is 15.4 Å². The molecule has 150 valence electrons. The minimum Gasteiger partial charge on any atom is -0.343 e. The van der Waals surface area contributed by atoms with Crippen molar-refractivity contribution in [2.24, 2.45) is 0 Å². The Hall–Kier alpha value is -2.74. The third-order valence-electron chi connectivity index (χ3n) is 5.86. The molecule has 0 amide bonds. The van der Waals surface area contributed by atoms with E-state index in [1.807, 2.05) is 30.1 Å². The van der Waals surface area contributed by atoms with Crippen LogP contribution in [0.15, 0.2) is 35.1 Å². The molecule has 2 aliphatic heterocycles. The molecule has 1 atom stereocenters. The van der Waals surface area contributed by atoms with Crippen LogP contribution in [0.25, 0.3) is 10.3 Å². The van der Waals surface area contributed by atoms with Gasteiger partial charge in [0, 0.05) is 33.1 Å². The van der Waals surface area contributed by atoms with E-state index in [1.54, 1.807) is 4.57 Å². The highest BCUT2D eigenvalue weighted by Gasteiger charge is 2.33. The normalized spacial score (nSPS) is 18.6. The van der Waals surface area contributed by atoms with E-state index in [0.717, 1.165) is 37.5 Å². The van der Waals surface area contributed by atoms with Crippen molar-refractivity contribution in [2.75, 3.05) is 29.9 Å². The van der Waals surface area contributed by atoms with Gasteiger partial charge in [-0.2, -0.15) is 0 Å². The van der Waals surface area contributed by atoms with Gasteiger partial charge < -0.3 is 9.80 Å². The van der Waals surface area contributed by atoms with Crippen molar-refractivity contribution in [3.05, 3.63) is 46.2 Å². The second kappa shape index (κ2) is 7.26. The van der Waals surface area contributed by atoms with Crippen LogP contribution in [0.3, 0.4) is 0 Å². The quantitative estimate of drug-likeness (QED) is 0.645. The Labute approximate surface area is 172 Å². The average molecular weight is 410 g/mol. The van der Waals surface area contributed by atoms with Crippen molar-refractivity contribution in [3.8, 4) is 0 Å². The van der Waals surface area contributed by atoms with Crippen molar-refractivity contribution >= 4 is 38.5 Å². The van der Waals surface area contributed by atoms with Crippen LogP contribution in [-0.4, -0.2) is 46.5 Å².